The van der Waals surface area contributed by atoms with Crippen molar-refractivity contribution in [2.24, 2.45) is 0 Å². The van der Waals surface area contributed by atoms with E-state index in [0.29, 0.717) is 12.8 Å². The van der Waals surface area contributed by atoms with Gasteiger partial charge in [0.05, 0.1) is 0 Å². The average Bonchev–Trinajstić information content (AvgIpc) is 2.45. The van der Waals surface area contributed by atoms with Gasteiger partial charge in [0.1, 0.15) is 5.82 Å². The smallest absolute Gasteiger partial charge is 0.227 e. The number of anilines is 1. The summed E-state index contributed by atoms with van der Waals surface area (Å²) in [5.74, 6) is -0.239. The van der Waals surface area contributed by atoms with Crippen molar-refractivity contribution in [1.29, 1.82) is 0 Å². The van der Waals surface area contributed by atoms with Crippen LogP contribution in [-0.2, 0) is 11.2 Å². The molecule has 19 heavy (non-hydrogen) atoms. The van der Waals surface area contributed by atoms with Gasteiger partial charge in [-0.2, -0.15) is 0 Å². The first-order chi connectivity index (χ1) is 9.16. The molecule has 0 aliphatic carbocycles. The number of carbonyl (C=O) groups excluding carboxylic acids is 1. The molecule has 0 spiro atoms. The third kappa shape index (κ3) is 3.65. The highest BCUT2D eigenvalue weighted by molar-refractivity contribution is 5.92. The molecule has 2 aromatic carbocycles. The third-order valence-corrected chi connectivity index (χ3v) is 3.03. The molecule has 0 unspecified atom stereocenters. The van der Waals surface area contributed by atoms with Crippen LogP contribution in [0.25, 0.3) is 0 Å². The number of hydrogen-bond donors (Lipinski definition) is 0. The lowest BCUT2D eigenvalue weighted by Crippen LogP contribution is -2.26. The molecular formula is C16H16FNO. The molecule has 0 saturated heterocycles. The van der Waals surface area contributed by atoms with Gasteiger partial charge in [0.2, 0.25) is 5.91 Å². The molecule has 0 fully saturated rings. The highest BCUT2D eigenvalue weighted by atomic mass is 19.1. The van der Waals surface area contributed by atoms with Crippen molar-refractivity contribution < 1.29 is 9.18 Å². The van der Waals surface area contributed by atoms with Gasteiger partial charge < -0.3 is 4.90 Å². The van der Waals surface area contributed by atoms with E-state index in [1.54, 1.807) is 18.0 Å². The predicted octanol–water partition coefficient (Wildman–Crippen LogP) is 3.42. The molecule has 3 heteroatoms. The number of aryl methyl sites for hydroxylation is 1. The van der Waals surface area contributed by atoms with Crippen LogP contribution in [0.3, 0.4) is 0 Å². The van der Waals surface area contributed by atoms with Gasteiger partial charge in [-0.1, -0.05) is 30.3 Å². The first-order valence-corrected chi connectivity index (χ1v) is 6.23. The van der Waals surface area contributed by atoms with Crippen molar-refractivity contribution in [3.63, 3.8) is 0 Å². The Kier molecular flexibility index (Phi) is 4.29. The molecule has 0 N–H and O–H groups in total. The van der Waals surface area contributed by atoms with Crippen molar-refractivity contribution in [1.82, 2.24) is 0 Å². The van der Waals surface area contributed by atoms with Crippen molar-refractivity contribution >= 4 is 11.6 Å². The Morgan fingerprint density at radius 1 is 1.11 bits per heavy atom. The normalized spacial score (nSPS) is 10.2. The van der Waals surface area contributed by atoms with E-state index in [9.17, 15) is 9.18 Å². The minimum absolute atomic E-state index is 0.0236. The maximum atomic E-state index is 13.0. The van der Waals surface area contributed by atoms with Crippen molar-refractivity contribution in [3.8, 4) is 0 Å². The number of para-hydroxylation sites is 1. The van der Waals surface area contributed by atoms with Crippen LogP contribution in [0.1, 0.15) is 12.0 Å². The molecule has 0 aliphatic rings. The zero-order valence-electron chi connectivity index (χ0n) is 10.8. The van der Waals surface area contributed by atoms with Gasteiger partial charge in [-0.3, -0.25) is 4.79 Å². The maximum Gasteiger partial charge on any atom is 0.227 e. The second-order valence-corrected chi connectivity index (χ2v) is 4.42. The van der Waals surface area contributed by atoms with Gasteiger partial charge in [-0.15, -0.1) is 0 Å². The number of benzene rings is 2. The van der Waals surface area contributed by atoms with E-state index >= 15 is 0 Å². The topological polar surface area (TPSA) is 20.3 Å². The largest absolute Gasteiger partial charge is 0.315 e. The molecule has 2 aromatic rings. The Labute approximate surface area is 112 Å². The van der Waals surface area contributed by atoms with Gasteiger partial charge in [0.25, 0.3) is 0 Å². The fraction of sp³-hybridized carbons (Fsp3) is 0.188. The van der Waals surface area contributed by atoms with Gasteiger partial charge >= 0.3 is 0 Å². The second kappa shape index (κ2) is 6.14. The number of rotatable bonds is 4. The highest BCUT2D eigenvalue weighted by Crippen LogP contribution is 2.13. The summed E-state index contributed by atoms with van der Waals surface area (Å²) in [4.78, 5) is 13.7. The molecule has 0 heterocycles. The van der Waals surface area contributed by atoms with E-state index in [2.05, 4.69) is 0 Å². The van der Waals surface area contributed by atoms with E-state index in [1.165, 1.54) is 12.1 Å². The van der Waals surface area contributed by atoms with Gasteiger partial charge in [-0.05, 0) is 36.2 Å². The summed E-state index contributed by atoms with van der Waals surface area (Å²) < 4.78 is 13.0. The molecular weight excluding hydrogens is 241 g/mol. The third-order valence-electron chi connectivity index (χ3n) is 3.03. The summed E-state index contributed by atoms with van der Waals surface area (Å²) in [7, 11) is 1.75. The lowest BCUT2D eigenvalue weighted by Gasteiger charge is -2.17. The number of carbonyl (C=O) groups is 1. The van der Waals surface area contributed by atoms with E-state index in [4.69, 9.17) is 0 Å². The summed E-state index contributed by atoms with van der Waals surface area (Å²) >= 11 is 0. The fourth-order valence-electron chi connectivity index (χ4n) is 1.91. The van der Waals surface area contributed by atoms with Crippen LogP contribution in [0.5, 0.6) is 0 Å². The quantitative estimate of drug-likeness (QED) is 0.821. The molecule has 98 valence electrons. The van der Waals surface area contributed by atoms with Crippen LogP contribution < -0.4 is 4.90 Å². The van der Waals surface area contributed by atoms with E-state index in [0.717, 1.165) is 11.3 Å². The van der Waals surface area contributed by atoms with E-state index in [1.807, 2.05) is 36.4 Å². The number of halogens is 1. The van der Waals surface area contributed by atoms with Gasteiger partial charge in [0, 0.05) is 19.2 Å². The summed E-state index contributed by atoms with van der Waals surface area (Å²) in [6, 6.07) is 15.8. The SMILES string of the molecule is CN(C(=O)CCc1cccc(F)c1)c1ccccc1. The lowest BCUT2D eigenvalue weighted by atomic mass is 10.1. The number of nitrogens with zero attached hydrogens (tertiary/aromatic N) is 1. The lowest BCUT2D eigenvalue weighted by molar-refractivity contribution is -0.118. The monoisotopic (exact) mass is 257 g/mol. The molecule has 0 bridgehead atoms. The number of hydrogen-bond acceptors (Lipinski definition) is 1. The van der Waals surface area contributed by atoms with Crippen LogP contribution in [0.15, 0.2) is 54.6 Å². The van der Waals surface area contributed by atoms with E-state index < -0.39 is 0 Å². The maximum absolute atomic E-state index is 13.0. The Hall–Kier alpha value is -2.16. The Balaban J connectivity index is 1.95. The van der Waals surface area contributed by atoms with Crippen LogP contribution in [0, 0.1) is 5.82 Å². The zero-order valence-corrected chi connectivity index (χ0v) is 10.8. The summed E-state index contributed by atoms with van der Waals surface area (Å²) in [6.07, 6.45) is 0.919. The summed E-state index contributed by atoms with van der Waals surface area (Å²) in [5.41, 5.74) is 1.71. The molecule has 0 aromatic heterocycles. The predicted molar refractivity (Wildman–Crippen MR) is 74.6 cm³/mol. The van der Waals surface area contributed by atoms with Crippen LogP contribution in [0.2, 0.25) is 0 Å². The molecule has 0 aliphatic heterocycles. The number of amides is 1. The van der Waals surface area contributed by atoms with Gasteiger partial charge in [-0.25, -0.2) is 4.39 Å². The Morgan fingerprint density at radius 2 is 1.84 bits per heavy atom. The van der Waals surface area contributed by atoms with Crippen molar-refractivity contribution in [2.75, 3.05) is 11.9 Å². The standard InChI is InChI=1S/C16H16FNO/c1-18(15-8-3-2-4-9-15)16(19)11-10-13-6-5-7-14(17)12-13/h2-9,12H,10-11H2,1H3. The van der Waals surface area contributed by atoms with Gasteiger partial charge in [0.15, 0.2) is 0 Å². The first-order valence-electron chi connectivity index (χ1n) is 6.23. The van der Waals surface area contributed by atoms with Crippen LogP contribution >= 0.6 is 0 Å². The highest BCUT2D eigenvalue weighted by Gasteiger charge is 2.10. The van der Waals surface area contributed by atoms with Crippen molar-refractivity contribution in [3.05, 3.63) is 66.0 Å². The minimum atomic E-state index is -0.263. The summed E-state index contributed by atoms with van der Waals surface area (Å²) in [5, 5.41) is 0. The fourth-order valence-corrected chi connectivity index (χ4v) is 1.91. The molecule has 0 atom stereocenters. The molecule has 2 nitrogen and oxygen atoms in total. The molecule has 0 radical (unpaired) electrons. The molecule has 2 rings (SSSR count). The Morgan fingerprint density at radius 3 is 2.53 bits per heavy atom. The minimum Gasteiger partial charge on any atom is -0.315 e. The average molecular weight is 257 g/mol. The van der Waals surface area contributed by atoms with Crippen molar-refractivity contribution in [2.45, 2.75) is 12.8 Å². The molecule has 1 amide bonds. The first kappa shape index (κ1) is 13.3. The molecule has 0 saturated carbocycles. The van der Waals surface area contributed by atoms with E-state index in [-0.39, 0.29) is 11.7 Å². The zero-order chi connectivity index (χ0) is 13.7. The Bertz CT molecular complexity index is 554. The second-order valence-electron chi connectivity index (χ2n) is 4.42. The van der Waals surface area contributed by atoms with Crippen LogP contribution in [-0.4, -0.2) is 13.0 Å². The summed E-state index contributed by atoms with van der Waals surface area (Å²) in [6.45, 7) is 0. The van der Waals surface area contributed by atoms with Crippen LogP contribution in [0.4, 0.5) is 10.1 Å².